The van der Waals surface area contributed by atoms with Crippen molar-refractivity contribution in [1.82, 2.24) is 9.62 Å². The van der Waals surface area contributed by atoms with Crippen LogP contribution in [0.5, 0.6) is 5.75 Å². The van der Waals surface area contributed by atoms with Gasteiger partial charge in [0.25, 0.3) is 5.91 Å². The minimum Gasteiger partial charge on any atom is -0.496 e. The lowest BCUT2D eigenvalue weighted by Gasteiger charge is -2.18. The second-order valence-electron chi connectivity index (χ2n) is 10.6. The van der Waals surface area contributed by atoms with Crippen molar-refractivity contribution >= 4 is 43.3 Å². The van der Waals surface area contributed by atoms with Crippen molar-refractivity contribution in [2.45, 2.75) is 37.9 Å². The highest BCUT2D eigenvalue weighted by Crippen LogP contribution is 2.51. The molecule has 1 fully saturated rings. The number of benzene rings is 3. The summed E-state index contributed by atoms with van der Waals surface area (Å²) in [6, 6.07) is 18.6. The summed E-state index contributed by atoms with van der Waals surface area (Å²) in [6.45, 7) is 4.07. The summed E-state index contributed by atoms with van der Waals surface area (Å²) in [4.78, 5) is 28.5. The third kappa shape index (κ3) is 5.11. The third-order valence-corrected chi connectivity index (χ3v) is 9.91. The van der Waals surface area contributed by atoms with Gasteiger partial charge in [-0.25, -0.2) is 8.42 Å². The highest BCUT2D eigenvalue weighted by molar-refractivity contribution is 7.89. The third-order valence-electron chi connectivity index (χ3n) is 7.37. The van der Waals surface area contributed by atoms with Crippen molar-refractivity contribution in [1.29, 1.82) is 0 Å². The van der Waals surface area contributed by atoms with Crippen LogP contribution in [0.2, 0.25) is 0 Å². The van der Waals surface area contributed by atoms with E-state index in [4.69, 9.17) is 4.74 Å². The van der Waals surface area contributed by atoms with Gasteiger partial charge in [-0.15, -0.1) is 11.3 Å². The normalized spacial score (nSPS) is 14.1. The summed E-state index contributed by atoms with van der Waals surface area (Å²) < 4.78 is 34.9. The van der Waals surface area contributed by atoms with Gasteiger partial charge in [-0.1, -0.05) is 54.1 Å². The first-order valence-corrected chi connectivity index (χ1v) is 15.5. The zero-order valence-corrected chi connectivity index (χ0v) is 24.8. The molecular weight excluding hydrogens is 544 g/mol. The topological polar surface area (TPSA) is 92.8 Å². The number of thiophene rings is 1. The summed E-state index contributed by atoms with van der Waals surface area (Å²) in [6.07, 6.45) is 1.12. The van der Waals surface area contributed by atoms with Crippen molar-refractivity contribution in [3.8, 4) is 16.9 Å². The monoisotopic (exact) mass is 576 g/mol. The van der Waals surface area contributed by atoms with Gasteiger partial charge in [0.2, 0.25) is 15.9 Å². The second kappa shape index (κ2) is 10.4. The molecule has 0 atom stereocenters. The molecule has 5 rings (SSSR count). The number of carbonyl (C=O) groups is 2. The average Bonchev–Trinajstić information content (AvgIpc) is 3.63. The summed E-state index contributed by atoms with van der Waals surface area (Å²) >= 11 is 1.48. The van der Waals surface area contributed by atoms with E-state index in [9.17, 15) is 18.0 Å². The van der Waals surface area contributed by atoms with E-state index in [-0.39, 0.29) is 11.7 Å². The van der Waals surface area contributed by atoms with Crippen LogP contribution >= 0.6 is 11.3 Å². The fourth-order valence-corrected chi connectivity index (χ4v) is 7.71. The lowest BCUT2D eigenvalue weighted by molar-refractivity contribution is -0.121. The van der Waals surface area contributed by atoms with Gasteiger partial charge in [0, 0.05) is 35.3 Å². The first kappa shape index (κ1) is 27.9. The minimum absolute atomic E-state index is 0.0772. The van der Waals surface area contributed by atoms with Crippen molar-refractivity contribution in [2.75, 3.05) is 21.2 Å². The van der Waals surface area contributed by atoms with E-state index in [1.807, 2.05) is 44.2 Å². The van der Waals surface area contributed by atoms with Crippen molar-refractivity contribution < 1.29 is 22.7 Å². The molecule has 0 saturated heterocycles. The first-order chi connectivity index (χ1) is 19.0. The van der Waals surface area contributed by atoms with Gasteiger partial charge in [-0.05, 0) is 55.5 Å². The number of hydrogen-bond donors (Lipinski definition) is 1. The van der Waals surface area contributed by atoms with E-state index in [2.05, 4.69) is 16.9 Å². The molecule has 0 spiro atoms. The molecule has 1 heterocycles. The Morgan fingerprint density at radius 3 is 2.33 bits per heavy atom. The standard InChI is InChI=1S/C31H32N2O5S2/c1-19-16-20(2)27-23(17-19)26(28(39-27)29(34)33(3)4)22-12-10-21(11-13-22)18-40(36,37)32-30(35)31(14-15-31)24-8-6-7-9-25(24)38-5/h6-13,16-17H,14-15,18H2,1-5H3,(H,32,35). The molecule has 7 nitrogen and oxygen atoms in total. The maximum atomic E-state index is 13.2. The molecule has 0 radical (unpaired) electrons. The predicted molar refractivity (Wildman–Crippen MR) is 159 cm³/mol. The summed E-state index contributed by atoms with van der Waals surface area (Å²) in [7, 11) is 1.05. The number of methoxy groups -OCH3 is 1. The van der Waals surface area contributed by atoms with Crippen LogP contribution in [0.25, 0.3) is 21.2 Å². The van der Waals surface area contributed by atoms with E-state index in [1.54, 1.807) is 37.2 Å². The molecule has 2 amide bonds. The predicted octanol–water partition coefficient (Wildman–Crippen LogP) is 5.57. The van der Waals surface area contributed by atoms with Gasteiger partial charge in [-0.2, -0.15) is 0 Å². The van der Waals surface area contributed by atoms with Gasteiger partial charge in [0.1, 0.15) is 10.6 Å². The number of hydrogen-bond acceptors (Lipinski definition) is 6. The van der Waals surface area contributed by atoms with E-state index < -0.39 is 21.3 Å². The van der Waals surface area contributed by atoms with Gasteiger partial charge in [0.05, 0.1) is 18.3 Å². The van der Waals surface area contributed by atoms with E-state index in [0.29, 0.717) is 34.6 Å². The van der Waals surface area contributed by atoms with Gasteiger partial charge in [-0.3, -0.25) is 14.3 Å². The molecule has 1 saturated carbocycles. The number of para-hydroxylation sites is 1. The number of nitrogens with zero attached hydrogens (tertiary/aromatic N) is 1. The summed E-state index contributed by atoms with van der Waals surface area (Å²) in [5.74, 6) is -0.378. The Bertz CT molecular complexity index is 1730. The van der Waals surface area contributed by atoms with Crippen LogP contribution in [-0.4, -0.2) is 46.3 Å². The Morgan fingerprint density at radius 1 is 1.02 bits per heavy atom. The van der Waals surface area contributed by atoms with Crippen molar-refractivity contribution in [3.63, 3.8) is 0 Å². The molecule has 0 aliphatic heterocycles. The Hall–Kier alpha value is -3.69. The van der Waals surface area contributed by atoms with E-state index in [1.165, 1.54) is 18.4 Å². The van der Waals surface area contributed by atoms with Crippen LogP contribution < -0.4 is 9.46 Å². The first-order valence-electron chi connectivity index (χ1n) is 13.0. The van der Waals surface area contributed by atoms with Crippen LogP contribution in [0.15, 0.2) is 60.7 Å². The van der Waals surface area contributed by atoms with Gasteiger partial charge in [0.15, 0.2) is 0 Å². The summed E-state index contributed by atoms with van der Waals surface area (Å²) in [5.41, 5.74) is 4.24. The van der Waals surface area contributed by atoms with Crippen molar-refractivity contribution in [2.24, 2.45) is 0 Å². The lowest BCUT2D eigenvalue weighted by Crippen LogP contribution is -2.39. The van der Waals surface area contributed by atoms with Gasteiger partial charge >= 0.3 is 0 Å². The smallest absolute Gasteiger partial charge is 0.264 e. The number of ether oxygens (including phenoxy) is 1. The van der Waals surface area contributed by atoms with Crippen LogP contribution in [0, 0.1) is 13.8 Å². The zero-order valence-electron chi connectivity index (χ0n) is 23.2. The van der Waals surface area contributed by atoms with Crippen molar-refractivity contribution in [3.05, 3.63) is 87.8 Å². The quantitative estimate of drug-likeness (QED) is 0.296. The van der Waals surface area contributed by atoms with Crippen LogP contribution in [0.4, 0.5) is 0 Å². The lowest BCUT2D eigenvalue weighted by atomic mass is 9.94. The fourth-order valence-electron chi connectivity index (χ4n) is 5.24. The van der Waals surface area contributed by atoms with E-state index >= 15 is 0 Å². The van der Waals surface area contributed by atoms with E-state index in [0.717, 1.165) is 32.3 Å². The Balaban J connectivity index is 1.41. The SMILES string of the molecule is COc1ccccc1C1(C(=O)NS(=O)(=O)Cc2ccc(-c3c(C(=O)N(C)C)sc4c(C)cc(C)cc34)cc2)CC1. The Labute approximate surface area is 238 Å². The molecule has 40 heavy (non-hydrogen) atoms. The largest absolute Gasteiger partial charge is 0.496 e. The van der Waals surface area contributed by atoms with Gasteiger partial charge < -0.3 is 9.64 Å². The second-order valence-corrected chi connectivity index (χ2v) is 13.4. The Morgan fingerprint density at radius 2 is 1.70 bits per heavy atom. The Kier molecular flexibility index (Phi) is 7.22. The van der Waals surface area contributed by atoms with Crippen LogP contribution in [0.3, 0.4) is 0 Å². The molecule has 3 aromatic carbocycles. The molecule has 9 heteroatoms. The minimum atomic E-state index is -3.95. The number of sulfonamides is 1. The number of amides is 2. The summed E-state index contributed by atoms with van der Waals surface area (Å²) in [5, 5.41) is 1.01. The average molecular weight is 577 g/mol. The number of carbonyl (C=O) groups excluding carboxylic acids is 2. The fraction of sp³-hybridized carbons (Fsp3) is 0.290. The molecule has 4 aromatic rings. The zero-order chi connectivity index (χ0) is 28.8. The number of rotatable bonds is 8. The molecule has 1 aromatic heterocycles. The molecule has 0 bridgehead atoms. The molecule has 1 aliphatic rings. The molecular formula is C31H32N2O5S2. The molecule has 0 unspecified atom stereocenters. The highest BCUT2D eigenvalue weighted by atomic mass is 32.2. The molecule has 1 aliphatic carbocycles. The van der Waals surface area contributed by atoms with Crippen LogP contribution in [-0.2, 0) is 26.0 Å². The number of fused-ring (bicyclic) bond motifs is 1. The maximum absolute atomic E-state index is 13.2. The molecule has 208 valence electrons. The molecule has 1 N–H and O–H groups in total. The highest BCUT2D eigenvalue weighted by Gasteiger charge is 2.53. The number of nitrogens with one attached hydrogen (secondary N) is 1. The number of aryl methyl sites for hydroxylation is 2. The maximum Gasteiger partial charge on any atom is 0.264 e. The van der Waals surface area contributed by atoms with Crippen LogP contribution in [0.1, 0.15) is 44.8 Å².